The normalized spacial score (nSPS) is 11.9. The number of thiophene rings is 1. The van der Waals surface area contributed by atoms with Gasteiger partial charge in [0.05, 0.1) is 22.9 Å². The van der Waals surface area contributed by atoms with Crippen molar-refractivity contribution in [2.24, 2.45) is 0 Å². The van der Waals surface area contributed by atoms with Crippen molar-refractivity contribution in [2.75, 3.05) is 36.7 Å². The number of esters is 1. The molecule has 1 heterocycles. The number of ether oxygens (including phenoxy) is 1. The molecule has 1 N–H and O–H groups in total. The van der Waals surface area contributed by atoms with Crippen molar-refractivity contribution < 1.29 is 18.5 Å². The lowest BCUT2D eigenvalue weighted by molar-refractivity contribution is -0.140. The van der Waals surface area contributed by atoms with Gasteiger partial charge in [-0.1, -0.05) is 0 Å². The van der Waals surface area contributed by atoms with Gasteiger partial charge < -0.3 is 10.1 Å². The van der Waals surface area contributed by atoms with E-state index < -0.39 is 9.93 Å². The molecule has 0 saturated heterocycles. The molecule has 5 nitrogen and oxygen atoms in total. The van der Waals surface area contributed by atoms with E-state index in [4.69, 9.17) is 4.74 Å². The Balaban J connectivity index is 2.67. The van der Waals surface area contributed by atoms with E-state index in [1.165, 1.54) is 11.3 Å². The fraction of sp³-hybridized carbons (Fsp3) is 0.500. The summed E-state index contributed by atoms with van der Waals surface area (Å²) in [5, 5.41) is 4.63. The first kappa shape index (κ1) is 15.8. The van der Waals surface area contributed by atoms with Gasteiger partial charge in [-0.15, -0.1) is 21.3 Å². The minimum Gasteiger partial charge on any atom is -0.465 e. The first-order chi connectivity index (χ1) is 8.83. The molecule has 7 heteroatoms. The van der Waals surface area contributed by atoms with Gasteiger partial charge >= 0.3 is 5.97 Å². The molecule has 0 spiro atoms. The third kappa shape index (κ3) is 5.52. The maximum atomic E-state index is 12.0. The van der Waals surface area contributed by atoms with Crippen LogP contribution in [0.5, 0.6) is 0 Å². The van der Waals surface area contributed by atoms with Gasteiger partial charge in [0.2, 0.25) is 0 Å². The third-order valence-electron chi connectivity index (χ3n) is 2.17. The van der Waals surface area contributed by atoms with Crippen molar-refractivity contribution >= 4 is 38.7 Å². The second kappa shape index (κ2) is 6.81. The van der Waals surface area contributed by atoms with E-state index in [0.29, 0.717) is 17.2 Å². The lowest BCUT2D eigenvalue weighted by Gasteiger charge is -2.11. The number of Topliss-reactive ketones (excluding diaryl/α,β-unsaturated/α-hetero) is 1. The molecule has 0 aliphatic rings. The quantitative estimate of drug-likeness (QED) is 0.450. The van der Waals surface area contributed by atoms with Gasteiger partial charge in [0.1, 0.15) is 6.54 Å². The summed E-state index contributed by atoms with van der Waals surface area (Å²) in [6, 6.07) is 1.73. The summed E-state index contributed by atoms with van der Waals surface area (Å²) in [4.78, 5) is 23.7. The summed E-state index contributed by atoms with van der Waals surface area (Å²) in [5.74, 6) is -0.486. The molecule has 0 unspecified atom stereocenters. The maximum absolute atomic E-state index is 12.0. The Morgan fingerprint density at radius 3 is 2.68 bits per heavy atom. The first-order valence-corrected chi connectivity index (χ1v) is 9.54. The van der Waals surface area contributed by atoms with Crippen molar-refractivity contribution in [3.05, 3.63) is 16.3 Å². The summed E-state index contributed by atoms with van der Waals surface area (Å²) < 4.78 is 16.5. The maximum Gasteiger partial charge on any atom is 0.325 e. The van der Waals surface area contributed by atoms with E-state index in [1.807, 2.05) is 0 Å². The van der Waals surface area contributed by atoms with Crippen LogP contribution in [0.4, 0.5) is 5.69 Å². The number of nitrogens with one attached hydrogen (secondary N) is 1. The van der Waals surface area contributed by atoms with Crippen molar-refractivity contribution in [1.29, 1.82) is 0 Å². The number of ketones is 1. The molecule has 0 amide bonds. The number of carbonyl (C=O) groups excluding carboxylic acids is 2. The Kier molecular flexibility index (Phi) is 5.68. The summed E-state index contributed by atoms with van der Waals surface area (Å²) in [6.07, 6.45) is 3.18. The van der Waals surface area contributed by atoms with E-state index in [1.54, 1.807) is 30.9 Å². The molecule has 0 radical (unpaired) electrons. The lowest BCUT2D eigenvalue weighted by Crippen LogP contribution is -2.21. The average molecular weight is 305 g/mol. The van der Waals surface area contributed by atoms with E-state index in [9.17, 15) is 13.8 Å². The molecule has 19 heavy (non-hydrogen) atoms. The molecule has 1 aromatic rings. The SMILES string of the molecule is CCOC(=O)CNc1ccsc1C(=O)C[SH](C)(C)=O. The van der Waals surface area contributed by atoms with Gasteiger partial charge in [-0.2, -0.15) is 0 Å². The van der Waals surface area contributed by atoms with Crippen LogP contribution in [0.3, 0.4) is 0 Å². The molecule has 0 atom stereocenters. The van der Waals surface area contributed by atoms with Gasteiger partial charge in [-0.3, -0.25) is 13.8 Å². The van der Waals surface area contributed by atoms with Crippen LogP contribution >= 0.6 is 11.3 Å². The number of carbonyl (C=O) groups is 2. The topological polar surface area (TPSA) is 72.5 Å². The highest BCUT2D eigenvalue weighted by Gasteiger charge is 2.17. The summed E-state index contributed by atoms with van der Waals surface area (Å²) in [6.45, 7) is 2.07. The van der Waals surface area contributed by atoms with Gasteiger partial charge in [0.25, 0.3) is 0 Å². The van der Waals surface area contributed by atoms with Gasteiger partial charge in [0, 0.05) is 0 Å². The van der Waals surface area contributed by atoms with E-state index >= 15 is 0 Å². The van der Waals surface area contributed by atoms with Crippen LogP contribution in [0.15, 0.2) is 11.4 Å². The fourth-order valence-corrected chi connectivity index (χ4v) is 3.23. The molecule has 0 aliphatic heterocycles. The zero-order chi connectivity index (χ0) is 14.5. The molecule has 0 fully saturated rings. The summed E-state index contributed by atoms with van der Waals surface area (Å²) in [7, 11) is -2.39. The predicted octanol–water partition coefficient (Wildman–Crippen LogP) is 1.18. The van der Waals surface area contributed by atoms with Crippen LogP contribution in [-0.4, -0.2) is 47.4 Å². The number of thiol groups is 1. The molecule has 0 aliphatic carbocycles. The molecule has 0 bridgehead atoms. The van der Waals surface area contributed by atoms with E-state index in [2.05, 4.69) is 5.32 Å². The van der Waals surface area contributed by atoms with Gasteiger partial charge in [0.15, 0.2) is 5.78 Å². The number of rotatable bonds is 7. The molecular weight excluding hydrogens is 286 g/mol. The zero-order valence-corrected chi connectivity index (χ0v) is 13.0. The van der Waals surface area contributed by atoms with Crippen LogP contribution in [0.1, 0.15) is 16.6 Å². The molecule has 0 aromatic carbocycles. The second-order valence-electron chi connectivity index (χ2n) is 4.48. The third-order valence-corrected chi connectivity index (χ3v) is 4.18. The highest BCUT2D eigenvalue weighted by atomic mass is 32.2. The Labute approximate surface area is 117 Å². The molecule has 1 aromatic heterocycles. The Hall–Kier alpha value is -1.21. The molecule has 1 rings (SSSR count). The van der Waals surface area contributed by atoms with Crippen molar-refractivity contribution in [2.45, 2.75) is 6.92 Å². The highest BCUT2D eigenvalue weighted by Crippen LogP contribution is 2.23. The average Bonchev–Trinajstić information content (AvgIpc) is 2.72. The fourth-order valence-electron chi connectivity index (χ4n) is 1.46. The Bertz CT molecular complexity index is 504. The first-order valence-electron chi connectivity index (χ1n) is 5.87. The zero-order valence-electron chi connectivity index (χ0n) is 11.3. The summed E-state index contributed by atoms with van der Waals surface area (Å²) >= 11 is 1.28. The lowest BCUT2D eigenvalue weighted by atomic mass is 10.3. The number of hydrogen-bond donors (Lipinski definition) is 2. The van der Waals surface area contributed by atoms with E-state index in [0.717, 1.165) is 0 Å². The minimum atomic E-state index is -2.39. The second-order valence-corrected chi connectivity index (χ2v) is 8.86. The van der Waals surface area contributed by atoms with Gasteiger partial charge in [-0.25, -0.2) is 0 Å². The Morgan fingerprint density at radius 2 is 2.11 bits per heavy atom. The van der Waals surface area contributed by atoms with E-state index in [-0.39, 0.29) is 24.1 Å². The number of hydrogen-bond acceptors (Lipinski definition) is 6. The Morgan fingerprint density at radius 1 is 1.42 bits per heavy atom. The monoisotopic (exact) mass is 305 g/mol. The standard InChI is InChI=1S/C12H19NO4S2/c1-4-17-11(15)7-13-9-5-6-18-12(9)10(14)8-19(2,3)16/h5-6,13,19H,4,7-8H2,1-3H3. The van der Waals surface area contributed by atoms with Crippen LogP contribution in [-0.2, 0) is 19.5 Å². The minimum absolute atomic E-state index is 0.0146. The predicted molar refractivity (Wildman–Crippen MR) is 80.0 cm³/mol. The smallest absolute Gasteiger partial charge is 0.325 e. The molecule has 108 valence electrons. The van der Waals surface area contributed by atoms with Crippen LogP contribution in [0.25, 0.3) is 0 Å². The highest BCUT2D eigenvalue weighted by molar-refractivity contribution is 8.02. The van der Waals surface area contributed by atoms with Crippen molar-refractivity contribution in [3.8, 4) is 0 Å². The number of anilines is 1. The van der Waals surface area contributed by atoms with Crippen LogP contribution in [0, 0.1) is 0 Å². The largest absolute Gasteiger partial charge is 0.465 e. The van der Waals surface area contributed by atoms with Gasteiger partial charge in [-0.05, 0) is 30.9 Å². The van der Waals surface area contributed by atoms with Crippen LogP contribution < -0.4 is 5.32 Å². The van der Waals surface area contributed by atoms with Crippen molar-refractivity contribution in [1.82, 2.24) is 0 Å². The molecule has 0 saturated carbocycles. The summed E-state index contributed by atoms with van der Waals surface area (Å²) in [5.41, 5.74) is 0.594. The van der Waals surface area contributed by atoms with Crippen molar-refractivity contribution in [3.63, 3.8) is 0 Å². The van der Waals surface area contributed by atoms with Crippen LogP contribution in [0.2, 0.25) is 0 Å². The molecular formula is C12H19NO4S2.